The number of hydrogen-bond acceptors (Lipinski definition) is 3. The second-order valence-electron chi connectivity index (χ2n) is 4.64. The third-order valence-corrected chi connectivity index (χ3v) is 3.65. The van der Waals surface area contributed by atoms with Crippen LogP contribution in [0.3, 0.4) is 0 Å². The molecular formula is C13H16O4. The molecule has 4 nitrogen and oxygen atoms in total. The molecule has 1 saturated carbocycles. The first-order valence-corrected chi connectivity index (χ1v) is 5.55. The Labute approximate surface area is 99.8 Å². The van der Waals surface area contributed by atoms with E-state index in [1.807, 2.05) is 13.0 Å². The Kier molecular flexibility index (Phi) is 2.53. The van der Waals surface area contributed by atoms with E-state index < -0.39 is 11.4 Å². The lowest BCUT2D eigenvalue weighted by atomic mass is 9.91. The average molecular weight is 236 g/mol. The molecule has 2 rings (SSSR count). The van der Waals surface area contributed by atoms with E-state index in [-0.39, 0.29) is 5.75 Å². The fourth-order valence-electron chi connectivity index (χ4n) is 2.16. The molecule has 0 atom stereocenters. The summed E-state index contributed by atoms with van der Waals surface area (Å²) in [6.07, 6.45) is 1.20. The van der Waals surface area contributed by atoms with Crippen LogP contribution in [0.5, 0.6) is 11.5 Å². The van der Waals surface area contributed by atoms with Crippen LogP contribution in [0.4, 0.5) is 0 Å². The van der Waals surface area contributed by atoms with Crippen molar-refractivity contribution in [1.29, 1.82) is 0 Å². The van der Waals surface area contributed by atoms with Crippen molar-refractivity contribution in [3.63, 3.8) is 0 Å². The Balaban J connectivity index is 2.66. The molecule has 4 heteroatoms. The average Bonchev–Trinajstić information content (AvgIpc) is 3.06. The molecule has 17 heavy (non-hydrogen) atoms. The van der Waals surface area contributed by atoms with Gasteiger partial charge >= 0.3 is 5.97 Å². The lowest BCUT2D eigenvalue weighted by molar-refractivity contribution is -0.140. The molecule has 92 valence electrons. The topological polar surface area (TPSA) is 66.8 Å². The summed E-state index contributed by atoms with van der Waals surface area (Å²) in [6.45, 7) is 3.65. The van der Waals surface area contributed by atoms with Crippen LogP contribution in [-0.2, 0) is 10.2 Å². The van der Waals surface area contributed by atoms with Crippen LogP contribution < -0.4 is 4.74 Å². The zero-order chi connectivity index (χ0) is 12.8. The fourth-order valence-corrected chi connectivity index (χ4v) is 2.16. The number of methoxy groups -OCH3 is 1. The van der Waals surface area contributed by atoms with Crippen LogP contribution in [0.25, 0.3) is 0 Å². The van der Waals surface area contributed by atoms with E-state index in [9.17, 15) is 15.0 Å². The molecule has 1 aromatic rings. The van der Waals surface area contributed by atoms with Crippen LogP contribution in [0.15, 0.2) is 6.07 Å². The summed E-state index contributed by atoms with van der Waals surface area (Å²) in [6, 6.07) is 1.81. The highest BCUT2D eigenvalue weighted by Crippen LogP contribution is 2.54. The highest BCUT2D eigenvalue weighted by Gasteiger charge is 2.54. The molecule has 1 aliphatic rings. The smallest absolute Gasteiger partial charge is 0.314 e. The molecule has 0 aromatic heterocycles. The number of carboxylic acids is 1. The third kappa shape index (κ3) is 1.55. The number of benzene rings is 1. The van der Waals surface area contributed by atoms with Gasteiger partial charge in [-0.3, -0.25) is 4.79 Å². The van der Waals surface area contributed by atoms with Crippen molar-refractivity contribution >= 4 is 5.97 Å². The lowest BCUT2D eigenvalue weighted by Crippen LogP contribution is -2.20. The first kappa shape index (κ1) is 11.8. The fraction of sp³-hybridized carbons (Fsp3) is 0.462. The number of carbonyl (C=O) groups is 1. The minimum atomic E-state index is -0.860. The van der Waals surface area contributed by atoms with Gasteiger partial charge in [-0.05, 0) is 37.8 Å². The number of aromatic hydroxyl groups is 1. The minimum Gasteiger partial charge on any atom is -0.504 e. The molecule has 1 fully saturated rings. The summed E-state index contributed by atoms with van der Waals surface area (Å²) < 4.78 is 5.18. The quantitative estimate of drug-likeness (QED) is 0.843. The summed E-state index contributed by atoms with van der Waals surface area (Å²) in [5.74, 6) is -0.499. The van der Waals surface area contributed by atoms with Gasteiger partial charge in [-0.1, -0.05) is 6.07 Å². The molecule has 0 spiro atoms. The largest absolute Gasteiger partial charge is 0.504 e. The summed E-state index contributed by atoms with van der Waals surface area (Å²) in [4.78, 5) is 11.3. The number of ether oxygens (including phenoxy) is 1. The van der Waals surface area contributed by atoms with Crippen LogP contribution >= 0.6 is 0 Å². The monoisotopic (exact) mass is 236 g/mol. The minimum absolute atomic E-state index is 0.0509. The highest BCUT2D eigenvalue weighted by molar-refractivity contribution is 5.86. The molecule has 1 aromatic carbocycles. The van der Waals surface area contributed by atoms with Crippen molar-refractivity contribution < 1.29 is 19.7 Å². The third-order valence-electron chi connectivity index (χ3n) is 3.65. The number of rotatable bonds is 3. The van der Waals surface area contributed by atoms with Gasteiger partial charge in [0.2, 0.25) is 0 Å². The van der Waals surface area contributed by atoms with Gasteiger partial charge in [0.25, 0.3) is 0 Å². The lowest BCUT2D eigenvalue weighted by Gasteiger charge is -2.18. The van der Waals surface area contributed by atoms with Gasteiger partial charge in [-0.15, -0.1) is 0 Å². The maximum Gasteiger partial charge on any atom is 0.314 e. The maximum absolute atomic E-state index is 11.3. The SMILES string of the molecule is COc1c(C2(C(=O)O)CC2)cc(C)c(C)c1O. The summed E-state index contributed by atoms with van der Waals surface area (Å²) in [7, 11) is 1.45. The van der Waals surface area contributed by atoms with Crippen molar-refractivity contribution in [2.75, 3.05) is 7.11 Å². The van der Waals surface area contributed by atoms with E-state index in [0.717, 1.165) is 11.1 Å². The molecule has 0 heterocycles. The van der Waals surface area contributed by atoms with E-state index in [1.54, 1.807) is 6.92 Å². The highest BCUT2D eigenvalue weighted by atomic mass is 16.5. The predicted molar refractivity (Wildman–Crippen MR) is 62.7 cm³/mol. The Bertz CT molecular complexity index is 487. The zero-order valence-electron chi connectivity index (χ0n) is 10.2. The summed E-state index contributed by atoms with van der Waals surface area (Å²) in [5.41, 5.74) is 1.34. The van der Waals surface area contributed by atoms with Gasteiger partial charge in [-0.25, -0.2) is 0 Å². The van der Waals surface area contributed by atoms with Crippen molar-refractivity contribution in [2.24, 2.45) is 0 Å². The predicted octanol–water partition coefficient (Wildman–Crippen LogP) is 2.13. The Morgan fingerprint density at radius 2 is 2.00 bits per heavy atom. The second-order valence-corrected chi connectivity index (χ2v) is 4.64. The Hall–Kier alpha value is -1.71. The van der Waals surface area contributed by atoms with E-state index >= 15 is 0 Å². The number of phenols is 1. The second kappa shape index (κ2) is 3.65. The van der Waals surface area contributed by atoms with Gasteiger partial charge in [-0.2, -0.15) is 0 Å². The Morgan fingerprint density at radius 3 is 2.41 bits per heavy atom. The van der Waals surface area contributed by atoms with Crippen LogP contribution in [0.1, 0.15) is 29.5 Å². The number of phenolic OH excluding ortho intramolecular Hbond substituents is 1. The molecule has 0 saturated heterocycles. The van der Waals surface area contributed by atoms with E-state index in [1.165, 1.54) is 7.11 Å². The molecule has 0 aliphatic heterocycles. The van der Waals surface area contributed by atoms with E-state index in [0.29, 0.717) is 24.2 Å². The van der Waals surface area contributed by atoms with Gasteiger partial charge in [0.05, 0.1) is 12.5 Å². The van der Waals surface area contributed by atoms with Gasteiger partial charge in [0.15, 0.2) is 11.5 Å². The Morgan fingerprint density at radius 1 is 1.41 bits per heavy atom. The summed E-state index contributed by atoms with van der Waals surface area (Å²) >= 11 is 0. The molecule has 0 amide bonds. The van der Waals surface area contributed by atoms with Gasteiger partial charge in [0, 0.05) is 5.56 Å². The number of hydrogen-bond donors (Lipinski definition) is 2. The number of aliphatic carboxylic acids is 1. The first-order chi connectivity index (χ1) is 7.94. The molecule has 0 unspecified atom stereocenters. The van der Waals surface area contributed by atoms with Crippen molar-refractivity contribution in [3.8, 4) is 11.5 Å². The molecular weight excluding hydrogens is 220 g/mol. The molecule has 0 bridgehead atoms. The molecule has 0 radical (unpaired) electrons. The number of aryl methyl sites for hydroxylation is 1. The summed E-state index contributed by atoms with van der Waals surface area (Å²) in [5, 5.41) is 19.3. The van der Waals surface area contributed by atoms with Crippen molar-refractivity contribution in [3.05, 3.63) is 22.8 Å². The van der Waals surface area contributed by atoms with Gasteiger partial charge in [0.1, 0.15) is 0 Å². The molecule has 2 N–H and O–H groups in total. The van der Waals surface area contributed by atoms with Crippen molar-refractivity contribution in [1.82, 2.24) is 0 Å². The maximum atomic E-state index is 11.3. The van der Waals surface area contributed by atoms with Crippen LogP contribution in [0, 0.1) is 13.8 Å². The zero-order valence-corrected chi connectivity index (χ0v) is 10.2. The van der Waals surface area contributed by atoms with Crippen LogP contribution in [-0.4, -0.2) is 23.3 Å². The number of carboxylic acid groups (broad SMARTS) is 1. The van der Waals surface area contributed by atoms with E-state index in [4.69, 9.17) is 4.74 Å². The standard InChI is InChI=1S/C13H16O4/c1-7-6-9(13(4-5-13)12(15)16)11(17-3)10(14)8(7)2/h6,14H,4-5H2,1-3H3,(H,15,16). The molecule has 1 aliphatic carbocycles. The first-order valence-electron chi connectivity index (χ1n) is 5.55. The van der Waals surface area contributed by atoms with Crippen molar-refractivity contribution in [2.45, 2.75) is 32.1 Å². The normalized spacial score (nSPS) is 16.6. The van der Waals surface area contributed by atoms with E-state index in [2.05, 4.69) is 0 Å². The van der Waals surface area contributed by atoms with Gasteiger partial charge < -0.3 is 14.9 Å². The van der Waals surface area contributed by atoms with Crippen LogP contribution in [0.2, 0.25) is 0 Å².